The molecule has 1 aromatic heterocycles. The third-order valence-electron chi connectivity index (χ3n) is 6.85. The predicted octanol–water partition coefficient (Wildman–Crippen LogP) is 9.41. The second-order valence-corrected chi connectivity index (χ2v) is 9.10. The summed E-state index contributed by atoms with van der Waals surface area (Å²) in [5.41, 5.74) is 5.64. The Balaban J connectivity index is 1.66. The summed E-state index contributed by atoms with van der Waals surface area (Å²) in [5, 5.41) is 8.17. The summed E-state index contributed by atoms with van der Waals surface area (Å²) in [6.45, 7) is 0. The molecule has 0 aliphatic heterocycles. The largest absolute Gasteiger partial charge is 0.307 e. The van der Waals surface area contributed by atoms with Crippen LogP contribution in [0.1, 0.15) is 0 Å². The Bertz CT molecular complexity index is 1820. The van der Waals surface area contributed by atoms with Crippen molar-refractivity contribution in [3.05, 3.63) is 126 Å². The highest BCUT2D eigenvalue weighted by atomic mass is 35.5. The lowest BCUT2D eigenvalue weighted by molar-refractivity contribution is 1.18. The van der Waals surface area contributed by atoms with Crippen LogP contribution in [0.5, 0.6) is 0 Å². The number of rotatable bonds is 2. The van der Waals surface area contributed by atoms with E-state index in [1.54, 1.807) is 0 Å². The summed E-state index contributed by atoms with van der Waals surface area (Å²) >= 11 is 7.02. The second kappa shape index (κ2) is 7.48. The zero-order valence-corrected chi connectivity index (χ0v) is 19.1. The van der Waals surface area contributed by atoms with E-state index in [0.717, 1.165) is 27.3 Å². The first-order valence-electron chi connectivity index (χ1n) is 11.5. The van der Waals surface area contributed by atoms with Crippen molar-refractivity contribution in [3.63, 3.8) is 0 Å². The summed E-state index contributed by atoms with van der Waals surface area (Å²) < 4.78 is 2.33. The highest BCUT2D eigenvalue weighted by Crippen LogP contribution is 2.42. The van der Waals surface area contributed by atoms with E-state index in [1.165, 1.54) is 37.9 Å². The smallest absolute Gasteiger partial charge is 0.0727 e. The maximum atomic E-state index is 7.02. The van der Waals surface area contributed by atoms with Crippen LogP contribution in [0.15, 0.2) is 121 Å². The van der Waals surface area contributed by atoms with Gasteiger partial charge in [-0.15, -0.1) is 0 Å². The molecule has 0 fully saturated rings. The molecule has 0 amide bonds. The molecule has 0 N–H and O–H groups in total. The van der Waals surface area contributed by atoms with E-state index >= 15 is 0 Å². The van der Waals surface area contributed by atoms with Gasteiger partial charge in [0.05, 0.1) is 21.7 Å². The number of nitrogens with zero attached hydrogens (tertiary/aromatic N) is 1. The fraction of sp³-hybridized carbons (Fsp3) is 0. The maximum absolute atomic E-state index is 7.02. The van der Waals surface area contributed by atoms with E-state index in [2.05, 4.69) is 120 Å². The first-order chi connectivity index (χ1) is 16.8. The Kier molecular flexibility index (Phi) is 4.27. The van der Waals surface area contributed by atoms with Gasteiger partial charge in [-0.05, 0) is 51.4 Å². The molecule has 0 aliphatic rings. The van der Waals surface area contributed by atoms with Gasteiger partial charge in [0.1, 0.15) is 0 Å². The van der Waals surface area contributed by atoms with E-state index in [0.29, 0.717) is 0 Å². The summed E-state index contributed by atoms with van der Waals surface area (Å²) in [6.07, 6.45) is 0. The predicted molar refractivity (Wildman–Crippen MR) is 146 cm³/mol. The van der Waals surface area contributed by atoms with Crippen molar-refractivity contribution in [3.8, 4) is 16.8 Å². The van der Waals surface area contributed by atoms with Crippen molar-refractivity contribution >= 4 is 55.0 Å². The molecule has 0 spiro atoms. The zero-order chi connectivity index (χ0) is 22.6. The van der Waals surface area contributed by atoms with Gasteiger partial charge in [0.15, 0.2) is 0 Å². The van der Waals surface area contributed by atoms with E-state index < -0.39 is 0 Å². The van der Waals surface area contributed by atoms with Crippen LogP contribution in [0.25, 0.3) is 60.2 Å². The first kappa shape index (κ1) is 19.4. The monoisotopic (exact) mass is 453 g/mol. The number of hydrogen-bond donors (Lipinski definition) is 0. The summed E-state index contributed by atoms with van der Waals surface area (Å²) in [6, 6.07) is 43.0. The van der Waals surface area contributed by atoms with Gasteiger partial charge in [0.25, 0.3) is 0 Å². The fourth-order valence-corrected chi connectivity index (χ4v) is 5.66. The third kappa shape index (κ3) is 2.74. The molecule has 1 nitrogen and oxygen atoms in total. The molecule has 0 radical (unpaired) electrons. The summed E-state index contributed by atoms with van der Waals surface area (Å²) in [5.74, 6) is 0. The lowest BCUT2D eigenvalue weighted by Crippen LogP contribution is -1.99. The number of hydrogen-bond acceptors (Lipinski definition) is 0. The SMILES string of the molecule is Clc1cccc(-c2cc3ccccc3c3ccccc23)c1-n1c2ccccc2c2ccccc21. The number of fused-ring (bicyclic) bond motifs is 6. The van der Waals surface area contributed by atoms with E-state index in [9.17, 15) is 0 Å². The van der Waals surface area contributed by atoms with Gasteiger partial charge >= 0.3 is 0 Å². The van der Waals surface area contributed by atoms with Gasteiger partial charge < -0.3 is 4.57 Å². The number of para-hydroxylation sites is 3. The Hall–Kier alpha value is -4.07. The lowest BCUT2D eigenvalue weighted by Gasteiger charge is -2.18. The van der Waals surface area contributed by atoms with Gasteiger partial charge in [0, 0.05) is 16.3 Å². The van der Waals surface area contributed by atoms with Gasteiger partial charge in [-0.25, -0.2) is 0 Å². The van der Waals surface area contributed by atoms with Crippen LogP contribution < -0.4 is 0 Å². The normalized spacial score (nSPS) is 11.7. The van der Waals surface area contributed by atoms with Crippen molar-refractivity contribution in [2.24, 2.45) is 0 Å². The molecule has 7 rings (SSSR count). The quantitative estimate of drug-likeness (QED) is 0.230. The zero-order valence-electron chi connectivity index (χ0n) is 18.4. The molecule has 160 valence electrons. The minimum atomic E-state index is 0.737. The molecule has 0 aliphatic carbocycles. The number of benzene rings is 6. The number of aromatic nitrogens is 1. The van der Waals surface area contributed by atoms with Crippen LogP contribution >= 0.6 is 11.6 Å². The standard InChI is InChI=1S/C32H20ClN/c33-29-17-9-16-27(28-20-21-10-1-2-11-22(21)23-12-3-4-13-24(23)28)32(29)34-30-18-7-5-14-25(30)26-15-6-8-19-31(26)34/h1-20H. The Morgan fingerprint density at radius 2 is 1.00 bits per heavy atom. The molecule has 1 heterocycles. The van der Waals surface area contributed by atoms with E-state index in [-0.39, 0.29) is 0 Å². The van der Waals surface area contributed by atoms with Crippen molar-refractivity contribution in [2.45, 2.75) is 0 Å². The van der Waals surface area contributed by atoms with Crippen LogP contribution in [0.4, 0.5) is 0 Å². The number of halogens is 1. The van der Waals surface area contributed by atoms with E-state index in [4.69, 9.17) is 11.6 Å². The highest BCUT2D eigenvalue weighted by Gasteiger charge is 2.19. The molecule has 7 aromatic rings. The van der Waals surface area contributed by atoms with Crippen LogP contribution in [-0.2, 0) is 0 Å². The molecular formula is C32H20ClN. The van der Waals surface area contributed by atoms with Crippen LogP contribution in [0, 0.1) is 0 Å². The molecule has 0 saturated heterocycles. The van der Waals surface area contributed by atoms with Crippen LogP contribution in [0.3, 0.4) is 0 Å². The van der Waals surface area contributed by atoms with Gasteiger partial charge in [-0.3, -0.25) is 0 Å². The Labute approximate surface area is 202 Å². The molecule has 6 aromatic carbocycles. The molecule has 0 atom stereocenters. The second-order valence-electron chi connectivity index (χ2n) is 8.70. The average molecular weight is 454 g/mol. The van der Waals surface area contributed by atoms with Gasteiger partial charge in [-0.1, -0.05) is 109 Å². The first-order valence-corrected chi connectivity index (χ1v) is 11.9. The molecule has 34 heavy (non-hydrogen) atoms. The van der Waals surface area contributed by atoms with Crippen molar-refractivity contribution in [2.75, 3.05) is 0 Å². The summed E-state index contributed by atoms with van der Waals surface area (Å²) in [7, 11) is 0. The maximum Gasteiger partial charge on any atom is 0.0727 e. The highest BCUT2D eigenvalue weighted by molar-refractivity contribution is 6.33. The lowest BCUT2D eigenvalue weighted by atomic mass is 9.92. The van der Waals surface area contributed by atoms with Crippen LogP contribution in [-0.4, -0.2) is 4.57 Å². The minimum absolute atomic E-state index is 0.737. The van der Waals surface area contributed by atoms with Crippen molar-refractivity contribution < 1.29 is 0 Å². The van der Waals surface area contributed by atoms with Gasteiger partial charge in [-0.2, -0.15) is 0 Å². The van der Waals surface area contributed by atoms with Crippen molar-refractivity contribution in [1.82, 2.24) is 4.57 Å². The Morgan fingerprint density at radius 3 is 1.71 bits per heavy atom. The topological polar surface area (TPSA) is 4.93 Å². The van der Waals surface area contributed by atoms with E-state index in [1.807, 2.05) is 6.07 Å². The molecule has 0 unspecified atom stereocenters. The minimum Gasteiger partial charge on any atom is -0.307 e. The average Bonchev–Trinajstić information content (AvgIpc) is 3.22. The third-order valence-corrected chi connectivity index (χ3v) is 7.15. The van der Waals surface area contributed by atoms with Gasteiger partial charge in [0.2, 0.25) is 0 Å². The molecule has 0 bridgehead atoms. The molecule has 2 heteroatoms. The molecular weight excluding hydrogens is 434 g/mol. The van der Waals surface area contributed by atoms with Crippen molar-refractivity contribution in [1.29, 1.82) is 0 Å². The fourth-order valence-electron chi connectivity index (χ4n) is 5.40. The Morgan fingerprint density at radius 1 is 0.441 bits per heavy atom. The van der Waals surface area contributed by atoms with Crippen LogP contribution in [0.2, 0.25) is 5.02 Å². The summed E-state index contributed by atoms with van der Waals surface area (Å²) in [4.78, 5) is 0. The molecule has 0 saturated carbocycles.